The number of nitrogens with zero attached hydrogens (tertiary/aromatic N) is 1. The first kappa shape index (κ1) is 61.6. The van der Waals surface area contributed by atoms with Gasteiger partial charge < -0.3 is 67.5 Å². The summed E-state index contributed by atoms with van der Waals surface area (Å²) in [5, 5.41) is 8.22. The number of benzene rings is 2. The van der Waals surface area contributed by atoms with Crippen molar-refractivity contribution >= 4 is 46.9 Å². The van der Waals surface area contributed by atoms with Crippen molar-refractivity contribution in [3.05, 3.63) is 59.2 Å². The smallest absolute Gasteiger partial charge is 0.338 e. The Balaban J connectivity index is 0.786. The second kappa shape index (κ2) is 39.4. The number of rotatable bonds is 46. The molecule has 22 heteroatoms. The van der Waals surface area contributed by atoms with E-state index in [1.807, 2.05) is 12.1 Å². The van der Waals surface area contributed by atoms with E-state index in [4.69, 9.17) is 56.8 Å². The highest BCUT2D eigenvalue weighted by atomic mass is 16.6. The molecule has 414 valence electrons. The number of imide groups is 2. The van der Waals surface area contributed by atoms with Gasteiger partial charge in [-0.15, -0.1) is 0 Å². The van der Waals surface area contributed by atoms with E-state index in [1.165, 1.54) is 6.07 Å². The molecule has 5 amide bonds. The van der Waals surface area contributed by atoms with Crippen molar-refractivity contribution in [2.24, 2.45) is 0 Å². The van der Waals surface area contributed by atoms with Crippen LogP contribution in [0.4, 0.5) is 11.4 Å². The molecule has 1 fully saturated rings. The molecule has 1 unspecified atom stereocenters. The van der Waals surface area contributed by atoms with Crippen LogP contribution in [0.5, 0.6) is 0 Å². The Morgan fingerprint density at radius 2 is 1.03 bits per heavy atom. The average Bonchev–Trinajstić information content (AvgIpc) is 3.65. The van der Waals surface area contributed by atoms with Crippen molar-refractivity contribution in [2.75, 3.05) is 169 Å². The molecule has 2 aromatic rings. The van der Waals surface area contributed by atoms with Crippen LogP contribution in [0.25, 0.3) is 0 Å². The van der Waals surface area contributed by atoms with Crippen molar-refractivity contribution in [2.45, 2.75) is 64.3 Å². The number of hydrogen-bond donors (Lipinski definition) is 3. The normalized spacial score (nSPS) is 14.4. The fourth-order valence-corrected chi connectivity index (χ4v) is 7.21. The van der Waals surface area contributed by atoms with E-state index < -0.39 is 29.7 Å². The third-order valence-corrected chi connectivity index (χ3v) is 11.1. The van der Waals surface area contributed by atoms with Gasteiger partial charge in [0.25, 0.3) is 11.8 Å². The fraction of sp³-hybridized carbons (Fsp3) is 0.654. The molecule has 0 radical (unpaired) electrons. The number of fused-ring (bicyclic) bond motifs is 1. The zero-order valence-corrected chi connectivity index (χ0v) is 43.0. The van der Waals surface area contributed by atoms with Crippen LogP contribution in [0.2, 0.25) is 0 Å². The molecule has 2 aliphatic heterocycles. The summed E-state index contributed by atoms with van der Waals surface area (Å²) in [6, 6.07) is 10.8. The molecule has 1 atom stereocenters. The summed E-state index contributed by atoms with van der Waals surface area (Å²) in [4.78, 5) is 75.9. The van der Waals surface area contributed by atoms with Gasteiger partial charge in [-0.25, -0.2) is 4.79 Å². The zero-order chi connectivity index (χ0) is 52.7. The lowest BCUT2D eigenvalue weighted by atomic mass is 10.0. The van der Waals surface area contributed by atoms with E-state index in [9.17, 15) is 28.8 Å². The topological polar surface area (TPSA) is 253 Å². The van der Waals surface area contributed by atoms with Gasteiger partial charge in [0.05, 0.1) is 161 Å². The van der Waals surface area contributed by atoms with Gasteiger partial charge in [-0.1, -0.05) is 25.8 Å². The van der Waals surface area contributed by atoms with E-state index in [-0.39, 0.29) is 54.6 Å². The minimum absolute atomic E-state index is 0.0235. The summed E-state index contributed by atoms with van der Waals surface area (Å²) >= 11 is 0. The first-order valence-corrected chi connectivity index (χ1v) is 25.8. The van der Waals surface area contributed by atoms with Crippen LogP contribution in [-0.2, 0) is 71.2 Å². The van der Waals surface area contributed by atoms with Gasteiger partial charge in [0, 0.05) is 31.7 Å². The van der Waals surface area contributed by atoms with Gasteiger partial charge >= 0.3 is 5.97 Å². The molecule has 22 nitrogen and oxygen atoms in total. The number of piperidine rings is 1. The molecule has 3 N–H and O–H groups in total. The van der Waals surface area contributed by atoms with Crippen LogP contribution in [0.1, 0.15) is 89.4 Å². The first-order chi connectivity index (χ1) is 36.3. The molecule has 1 saturated heterocycles. The quantitative estimate of drug-likeness (QED) is 0.0484. The molecule has 0 aliphatic carbocycles. The number of unbranched alkanes of at least 4 members (excludes halogenated alkanes) is 3. The van der Waals surface area contributed by atoms with Crippen molar-refractivity contribution in [3.8, 4) is 0 Å². The molecule has 2 aromatic carbocycles. The van der Waals surface area contributed by atoms with Gasteiger partial charge in [-0.05, 0) is 62.1 Å². The maximum absolute atomic E-state index is 13.2. The Kier molecular flexibility index (Phi) is 32.8. The van der Waals surface area contributed by atoms with Crippen molar-refractivity contribution in [1.29, 1.82) is 0 Å². The predicted molar refractivity (Wildman–Crippen MR) is 269 cm³/mol. The maximum atomic E-state index is 13.2. The van der Waals surface area contributed by atoms with Gasteiger partial charge in [0.15, 0.2) is 0 Å². The average molecular weight is 1050 g/mol. The summed E-state index contributed by atoms with van der Waals surface area (Å²) in [6.45, 7) is 13.0. The third kappa shape index (κ3) is 25.5. The Hall–Kier alpha value is -4.98. The minimum atomic E-state index is -1.08. The van der Waals surface area contributed by atoms with Crippen molar-refractivity contribution < 1.29 is 85.6 Å². The number of ether oxygens (including phenoxy) is 12. The molecule has 0 aromatic heterocycles. The monoisotopic (exact) mass is 1050 g/mol. The molecule has 4 rings (SSSR count). The van der Waals surface area contributed by atoms with Crippen LogP contribution in [0.15, 0.2) is 42.5 Å². The molecular formula is C52H78N4O18. The van der Waals surface area contributed by atoms with Crippen LogP contribution in [-0.4, -0.2) is 205 Å². The van der Waals surface area contributed by atoms with Crippen LogP contribution < -0.4 is 16.0 Å². The summed E-state index contributed by atoms with van der Waals surface area (Å²) in [7, 11) is 0. The van der Waals surface area contributed by atoms with Crippen LogP contribution in [0, 0.1) is 0 Å². The van der Waals surface area contributed by atoms with Crippen molar-refractivity contribution in [1.82, 2.24) is 10.2 Å². The lowest BCUT2D eigenvalue weighted by Gasteiger charge is -2.27. The Labute approximate surface area is 434 Å². The Morgan fingerprint density at radius 3 is 1.50 bits per heavy atom. The fourth-order valence-electron chi connectivity index (χ4n) is 7.21. The highest BCUT2D eigenvalue weighted by Gasteiger charge is 2.45. The minimum Gasteiger partial charge on any atom is -0.460 e. The first-order valence-electron chi connectivity index (χ1n) is 25.8. The molecule has 0 saturated carbocycles. The number of esters is 1. The number of anilines is 2. The van der Waals surface area contributed by atoms with E-state index >= 15 is 0 Å². The molecule has 0 spiro atoms. The SMILES string of the molecule is CCCCNc1ccc(C(=O)OCCOCCOCCOCCOCCOCCOCCOCCOCCOCCOCCOCCCCCC(=O)Nc2cccc3c2C(=O)N(C2CCC(=O)NC2=O)C3=O)cc1. The second-order valence-corrected chi connectivity index (χ2v) is 16.8. The van der Waals surface area contributed by atoms with Gasteiger partial charge in [-0.3, -0.25) is 34.2 Å². The highest BCUT2D eigenvalue weighted by molar-refractivity contribution is 6.26. The number of hydrogen-bond acceptors (Lipinski definition) is 19. The lowest BCUT2D eigenvalue weighted by Crippen LogP contribution is -2.54. The molecule has 2 heterocycles. The molecule has 2 aliphatic rings. The molecule has 0 bridgehead atoms. The number of nitrogens with one attached hydrogen (secondary N) is 3. The Bertz CT molecular complexity index is 1920. The van der Waals surface area contributed by atoms with Crippen molar-refractivity contribution in [3.63, 3.8) is 0 Å². The highest BCUT2D eigenvalue weighted by Crippen LogP contribution is 2.32. The standard InChI is InChI=1S/C52H78N4O18/c1-2-3-17-53-42-13-11-41(12-14-42)52(62)74-40-39-73-38-37-72-36-35-71-34-33-70-32-31-69-30-29-68-28-27-67-26-25-66-24-23-65-22-21-64-20-19-63-18-6-4-5-10-46(57)54-44-9-7-8-43-48(44)51(61)56(50(43)60)45-15-16-47(58)55-49(45)59/h7-9,11-14,45,53H,2-6,10,15-40H2,1H3,(H,54,57)(H,55,58,59). The van der Waals surface area contributed by atoms with E-state index in [2.05, 4.69) is 22.9 Å². The van der Waals surface area contributed by atoms with E-state index in [1.54, 1.807) is 24.3 Å². The van der Waals surface area contributed by atoms with E-state index in [0.717, 1.165) is 42.8 Å². The largest absolute Gasteiger partial charge is 0.460 e. The maximum Gasteiger partial charge on any atom is 0.338 e. The third-order valence-electron chi connectivity index (χ3n) is 11.1. The molecule has 74 heavy (non-hydrogen) atoms. The predicted octanol–water partition coefficient (Wildman–Crippen LogP) is 3.84. The van der Waals surface area contributed by atoms with Gasteiger partial charge in [0.2, 0.25) is 17.7 Å². The second-order valence-electron chi connectivity index (χ2n) is 16.8. The Morgan fingerprint density at radius 1 is 0.554 bits per heavy atom. The van der Waals surface area contributed by atoms with Gasteiger partial charge in [-0.2, -0.15) is 0 Å². The van der Waals surface area contributed by atoms with Gasteiger partial charge in [0.1, 0.15) is 12.6 Å². The summed E-state index contributed by atoms with van der Waals surface area (Å²) in [5.74, 6) is -3.11. The number of carbonyl (C=O) groups excluding carboxylic acids is 6. The summed E-state index contributed by atoms with van der Waals surface area (Å²) < 4.78 is 65.9. The van der Waals surface area contributed by atoms with Crippen LogP contribution >= 0.6 is 0 Å². The number of carbonyl (C=O) groups is 6. The molecular weight excluding hydrogens is 969 g/mol. The summed E-state index contributed by atoms with van der Waals surface area (Å²) in [5.41, 5.74) is 1.86. The number of amides is 5. The zero-order valence-electron chi connectivity index (χ0n) is 43.0. The summed E-state index contributed by atoms with van der Waals surface area (Å²) in [6.07, 6.45) is 4.63. The van der Waals surface area contributed by atoms with Crippen LogP contribution in [0.3, 0.4) is 0 Å². The lowest BCUT2D eigenvalue weighted by molar-refractivity contribution is -0.136. The van der Waals surface area contributed by atoms with E-state index in [0.29, 0.717) is 157 Å².